The highest BCUT2D eigenvalue weighted by Crippen LogP contribution is 2.26. The quantitative estimate of drug-likeness (QED) is 0.838. The number of benzene rings is 1. The molecule has 100 valence electrons. The van der Waals surface area contributed by atoms with E-state index in [1.54, 1.807) is 0 Å². The third-order valence-electron chi connectivity index (χ3n) is 1.89. The summed E-state index contributed by atoms with van der Waals surface area (Å²) >= 11 is 11.5. The van der Waals surface area contributed by atoms with E-state index in [2.05, 4.69) is 10.0 Å². The van der Waals surface area contributed by atoms with Gasteiger partial charge in [0.1, 0.15) is 5.38 Å². The summed E-state index contributed by atoms with van der Waals surface area (Å²) in [6.07, 6.45) is 1.02. The fourth-order valence-electron chi connectivity index (χ4n) is 1.12. The van der Waals surface area contributed by atoms with Crippen molar-refractivity contribution >= 4 is 50.5 Å². The number of alkyl halides is 1. The molecule has 0 radical (unpaired) electrons. The van der Waals surface area contributed by atoms with Gasteiger partial charge in [0.25, 0.3) is 0 Å². The van der Waals surface area contributed by atoms with Crippen LogP contribution in [0, 0.1) is 0 Å². The highest BCUT2D eigenvalue weighted by Gasteiger charge is 2.11. The summed E-state index contributed by atoms with van der Waals surface area (Å²) in [5.74, 6) is -0.364. The average Bonchev–Trinajstić information content (AvgIpc) is 2.20. The molecule has 0 fully saturated rings. The van der Waals surface area contributed by atoms with E-state index in [0.29, 0.717) is 5.69 Å². The van der Waals surface area contributed by atoms with Gasteiger partial charge < -0.3 is 5.32 Å². The summed E-state index contributed by atoms with van der Waals surface area (Å²) in [6, 6.07) is 4.42. The summed E-state index contributed by atoms with van der Waals surface area (Å²) in [5, 5.41) is 2.05. The predicted molar refractivity (Wildman–Crippen MR) is 73.9 cm³/mol. The molecule has 0 saturated carbocycles. The van der Waals surface area contributed by atoms with Crippen molar-refractivity contribution in [1.82, 2.24) is 0 Å². The lowest BCUT2D eigenvalue weighted by Crippen LogP contribution is -2.20. The lowest BCUT2D eigenvalue weighted by atomic mass is 10.3. The first kappa shape index (κ1) is 15.1. The standard InChI is InChI=1S/C10H12Cl2N2O3S/c1-6(11)10(15)13-7-3-4-9(8(12)5-7)14-18(2,16)17/h3-6,14H,1-2H3,(H,13,15). The lowest BCUT2D eigenvalue weighted by molar-refractivity contribution is -0.115. The van der Waals surface area contributed by atoms with Crippen LogP contribution in [0.4, 0.5) is 11.4 Å². The Bertz CT molecular complexity index is 558. The highest BCUT2D eigenvalue weighted by atomic mass is 35.5. The number of nitrogens with one attached hydrogen (secondary N) is 2. The molecule has 0 aliphatic heterocycles. The number of rotatable bonds is 4. The number of carbonyl (C=O) groups excluding carboxylic acids is 1. The van der Waals surface area contributed by atoms with Crippen molar-refractivity contribution in [2.75, 3.05) is 16.3 Å². The zero-order chi connectivity index (χ0) is 13.9. The van der Waals surface area contributed by atoms with Crippen LogP contribution in [0.3, 0.4) is 0 Å². The first-order chi connectivity index (χ1) is 8.19. The van der Waals surface area contributed by atoms with E-state index in [1.807, 2.05) is 0 Å². The highest BCUT2D eigenvalue weighted by molar-refractivity contribution is 7.92. The van der Waals surface area contributed by atoms with Gasteiger partial charge in [0, 0.05) is 5.69 Å². The van der Waals surface area contributed by atoms with Gasteiger partial charge in [0.2, 0.25) is 15.9 Å². The third-order valence-corrected chi connectivity index (χ3v) is 2.99. The van der Waals surface area contributed by atoms with Crippen molar-refractivity contribution in [3.63, 3.8) is 0 Å². The molecule has 1 amide bonds. The summed E-state index contributed by atoms with van der Waals surface area (Å²) in [7, 11) is -3.39. The minimum absolute atomic E-state index is 0.181. The van der Waals surface area contributed by atoms with Gasteiger partial charge in [0.15, 0.2) is 0 Å². The van der Waals surface area contributed by atoms with Crippen LogP contribution in [-0.4, -0.2) is 26.0 Å². The van der Waals surface area contributed by atoms with Crippen LogP contribution < -0.4 is 10.0 Å². The van der Waals surface area contributed by atoms with Crippen LogP contribution in [0.1, 0.15) is 6.92 Å². The molecule has 1 unspecified atom stereocenters. The second-order valence-electron chi connectivity index (χ2n) is 3.67. The van der Waals surface area contributed by atoms with Gasteiger partial charge in [-0.1, -0.05) is 11.6 Å². The molecule has 0 aromatic heterocycles. The molecule has 18 heavy (non-hydrogen) atoms. The molecule has 0 heterocycles. The molecule has 1 aromatic rings. The fourth-order valence-corrected chi connectivity index (χ4v) is 2.03. The lowest BCUT2D eigenvalue weighted by Gasteiger charge is -2.10. The topological polar surface area (TPSA) is 75.3 Å². The summed E-state index contributed by atoms with van der Waals surface area (Å²) < 4.78 is 24.4. The summed E-state index contributed by atoms with van der Waals surface area (Å²) in [6.45, 7) is 1.54. The maximum atomic E-state index is 11.3. The molecule has 5 nitrogen and oxygen atoms in total. The van der Waals surface area contributed by atoms with Crippen LogP contribution in [0.2, 0.25) is 5.02 Å². The van der Waals surface area contributed by atoms with Crippen molar-refractivity contribution in [1.29, 1.82) is 0 Å². The van der Waals surface area contributed by atoms with Gasteiger partial charge in [-0.3, -0.25) is 9.52 Å². The van der Waals surface area contributed by atoms with Gasteiger partial charge in [0.05, 0.1) is 17.0 Å². The first-order valence-electron chi connectivity index (χ1n) is 4.91. The van der Waals surface area contributed by atoms with Crippen LogP contribution >= 0.6 is 23.2 Å². The van der Waals surface area contributed by atoms with Gasteiger partial charge in [-0.25, -0.2) is 8.42 Å². The number of halogens is 2. The van der Waals surface area contributed by atoms with Crippen LogP contribution in [-0.2, 0) is 14.8 Å². The summed E-state index contributed by atoms with van der Waals surface area (Å²) in [4.78, 5) is 11.3. The SMILES string of the molecule is CC(Cl)C(=O)Nc1ccc(NS(C)(=O)=O)c(Cl)c1. The molecule has 0 aliphatic rings. The molecule has 0 saturated heterocycles. The molecular weight excluding hydrogens is 299 g/mol. The summed E-state index contributed by atoms with van der Waals surface area (Å²) in [5.41, 5.74) is 0.688. The smallest absolute Gasteiger partial charge is 0.242 e. The van der Waals surface area contributed by atoms with Gasteiger partial charge >= 0.3 is 0 Å². The molecule has 8 heteroatoms. The van der Waals surface area contributed by atoms with E-state index in [-0.39, 0.29) is 16.6 Å². The Morgan fingerprint density at radius 3 is 2.44 bits per heavy atom. The molecule has 0 aliphatic carbocycles. The largest absolute Gasteiger partial charge is 0.325 e. The Balaban J connectivity index is 2.89. The molecule has 0 bridgehead atoms. The Labute approximate surface area is 116 Å². The third kappa shape index (κ3) is 4.72. The zero-order valence-corrected chi connectivity index (χ0v) is 12.0. The van der Waals surface area contributed by atoms with Crippen molar-refractivity contribution in [2.45, 2.75) is 12.3 Å². The van der Waals surface area contributed by atoms with E-state index in [9.17, 15) is 13.2 Å². The second-order valence-corrected chi connectivity index (χ2v) is 6.48. The zero-order valence-electron chi connectivity index (χ0n) is 9.70. The number of hydrogen-bond acceptors (Lipinski definition) is 3. The molecule has 1 rings (SSSR count). The second kappa shape index (κ2) is 5.77. The Hall–Kier alpha value is -0.980. The van der Waals surface area contributed by atoms with Gasteiger partial charge in [-0.05, 0) is 25.1 Å². The maximum absolute atomic E-state index is 11.3. The number of sulfonamides is 1. The number of hydrogen-bond donors (Lipinski definition) is 2. The Kier molecular flexibility index (Phi) is 4.84. The van der Waals surface area contributed by atoms with E-state index in [0.717, 1.165) is 6.26 Å². The number of anilines is 2. The Morgan fingerprint density at radius 1 is 1.39 bits per heavy atom. The average molecular weight is 311 g/mol. The maximum Gasteiger partial charge on any atom is 0.242 e. The minimum Gasteiger partial charge on any atom is -0.325 e. The molecular formula is C10H12Cl2N2O3S. The molecule has 0 spiro atoms. The van der Waals surface area contributed by atoms with Crippen molar-refractivity contribution in [3.8, 4) is 0 Å². The van der Waals surface area contributed by atoms with Crippen molar-refractivity contribution in [2.24, 2.45) is 0 Å². The van der Waals surface area contributed by atoms with Crippen LogP contribution in [0.5, 0.6) is 0 Å². The first-order valence-corrected chi connectivity index (χ1v) is 7.62. The van der Waals surface area contributed by atoms with Crippen molar-refractivity contribution in [3.05, 3.63) is 23.2 Å². The van der Waals surface area contributed by atoms with Crippen LogP contribution in [0.15, 0.2) is 18.2 Å². The fraction of sp³-hybridized carbons (Fsp3) is 0.300. The van der Waals surface area contributed by atoms with Crippen molar-refractivity contribution < 1.29 is 13.2 Å². The van der Waals surface area contributed by atoms with E-state index in [4.69, 9.17) is 23.2 Å². The predicted octanol–water partition coefficient (Wildman–Crippen LogP) is 2.28. The van der Waals surface area contributed by atoms with E-state index >= 15 is 0 Å². The molecule has 2 N–H and O–H groups in total. The van der Waals surface area contributed by atoms with Gasteiger partial charge in [-0.15, -0.1) is 11.6 Å². The van der Waals surface area contributed by atoms with E-state index in [1.165, 1.54) is 25.1 Å². The van der Waals surface area contributed by atoms with Crippen LogP contribution in [0.25, 0.3) is 0 Å². The van der Waals surface area contributed by atoms with E-state index < -0.39 is 15.4 Å². The normalized spacial score (nSPS) is 12.9. The monoisotopic (exact) mass is 310 g/mol. The number of carbonyl (C=O) groups is 1. The molecule has 1 aromatic carbocycles. The van der Waals surface area contributed by atoms with Gasteiger partial charge in [-0.2, -0.15) is 0 Å². The molecule has 1 atom stereocenters. The minimum atomic E-state index is -3.39. The Morgan fingerprint density at radius 2 is 2.00 bits per heavy atom. The number of amides is 1.